The summed E-state index contributed by atoms with van der Waals surface area (Å²) in [5.74, 6) is 0.937. The summed E-state index contributed by atoms with van der Waals surface area (Å²) in [4.78, 5) is 14.4. The minimum Gasteiger partial charge on any atom is -0.300 e. The lowest BCUT2D eigenvalue weighted by atomic mass is 10.2. The molecule has 2 aromatic heterocycles. The molecule has 2 aromatic rings. The van der Waals surface area contributed by atoms with Gasteiger partial charge in [-0.25, -0.2) is 4.68 Å². The number of hydrogen-bond donors (Lipinski definition) is 1. The molecule has 0 aromatic carbocycles. The van der Waals surface area contributed by atoms with Crippen molar-refractivity contribution in [1.82, 2.24) is 30.1 Å². The molecule has 1 fully saturated rings. The van der Waals surface area contributed by atoms with E-state index < -0.39 is 0 Å². The fourth-order valence-electron chi connectivity index (χ4n) is 2.82. The van der Waals surface area contributed by atoms with Crippen LogP contribution in [0.25, 0.3) is 0 Å². The number of nitrogens with zero attached hydrogens (tertiary/aromatic N) is 6. The summed E-state index contributed by atoms with van der Waals surface area (Å²) in [6.07, 6.45) is 2.70. The lowest BCUT2D eigenvalue weighted by molar-refractivity contribution is -0.118. The molecule has 8 nitrogen and oxygen atoms in total. The van der Waals surface area contributed by atoms with Gasteiger partial charge in [0.25, 0.3) is 0 Å². The minimum absolute atomic E-state index is 0.0873. The van der Waals surface area contributed by atoms with Crippen LogP contribution in [0.1, 0.15) is 37.7 Å². The van der Waals surface area contributed by atoms with E-state index in [0.29, 0.717) is 13.1 Å². The molecule has 3 heterocycles. The van der Waals surface area contributed by atoms with Gasteiger partial charge in [-0.2, -0.15) is 5.10 Å². The van der Waals surface area contributed by atoms with Gasteiger partial charge in [0.05, 0.1) is 23.6 Å². The highest BCUT2D eigenvalue weighted by atomic mass is 16.2. The molecule has 1 N–H and O–H groups in total. The fraction of sp³-hybridized carbons (Fsp3) is 0.600. The summed E-state index contributed by atoms with van der Waals surface area (Å²) < 4.78 is 3.57. The maximum Gasteiger partial charge on any atom is 0.245 e. The third-order valence-electron chi connectivity index (χ3n) is 4.08. The maximum atomic E-state index is 12.6. The first kappa shape index (κ1) is 15.7. The van der Waals surface area contributed by atoms with Crippen molar-refractivity contribution in [3.63, 3.8) is 0 Å². The molecule has 1 aliphatic rings. The van der Waals surface area contributed by atoms with Crippen molar-refractivity contribution < 1.29 is 4.79 Å². The number of aryl methyl sites for hydroxylation is 2. The van der Waals surface area contributed by atoms with Gasteiger partial charge in [0.1, 0.15) is 5.82 Å². The molecule has 1 saturated heterocycles. The average Bonchev–Trinajstić information content (AvgIpc) is 3.17. The van der Waals surface area contributed by atoms with Crippen LogP contribution in [0.15, 0.2) is 12.3 Å². The van der Waals surface area contributed by atoms with Gasteiger partial charge in [-0.3, -0.25) is 19.7 Å². The Morgan fingerprint density at radius 3 is 2.83 bits per heavy atom. The lowest BCUT2D eigenvalue weighted by Crippen LogP contribution is -2.38. The Labute approximate surface area is 135 Å². The SMILES string of the molecule is Cc1cc(N2CCC(NCc3cn(C(C)C)nn3)C2=O)n(C)n1. The lowest BCUT2D eigenvalue weighted by Gasteiger charge is -2.16. The fourth-order valence-corrected chi connectivity index (χ4v) is 2.82. The van der Waals surface area contributed by atoms with Crippen molar-refractivity contribution in [2.75, 3.05) is 11.4 Å². The van der Waals surface area contributed by atoms with E-state index >= 15 is 0 Å². The van der Waals surface area contributed by atoms with E-state index in [1.54, 1.807) is 9.58 Å². The molecule has 0 bridgehead atoms. The number of nitrogens with one attached hydrogen (secondary N) is 1. The summed E-state index contributed by atoms with van der Waals surface area (Å²) in [5, 5.41) is 15.8. The predicted molar refractivity (Wildman–Crippen MR) is 85.9 cm³/mol. The molecule has 1 aliphatic heterocycles. The number of anilines is 1. The number of carbonyl (C=O) groups is 1. The summed E-state index contributed by atoms with van der Waals surface area (Å²) in [6.45, 7) is 7.29. The van der Waals surface area contributed by atoms with Gasteiger partial charge in [0.15, 0.2) is 0 Å². The monoisotopic (exact) mass is 317 g/mol. The number of hydrogen-bond acceptors (Lipinski definition) is 5. The second-order valence-corrected chi connectivity index (χ2v) is 6.26. The van der Waals surface area contributed by atoms with E-state index in [9.17, 15) is 4.79 Å². The summed E-state index contributed by atoms with van der Waals surface area (Å²) in [5.41, 5.74) is 1.76. The molecule has 0 spiro atoms. The molecule has 3 rings (SSSR count). The highest BCUT2D eigenvalue weighted by molar-refractivity contribution is 5.98. The Balaban J connectivity index is 1.62. The minimum atomic E-state index is -0.186. The van der Waals surface area contributed by atoms with E-state index in [1.165, 1.54) is 0 Å². The number of aromatic nitrogens is 5. The second-order valence-electron chi connectivity index (χ2n) is 6.26. The summed E-state index contributed by atoms with van der Waals surface area (Å²) >= 11 is 0. The van der Waals surface area contributed by atoms with Crippen molar-refractivity contribution in [3.05, 3.63) is 23.7 Å². The normalized spacial score (nSPS) is 18.4. The molecule has 1 amide bonds. The molecule has 8 heteroatoms. The zero-order valence-electron chi connectivity index (χ0n) is 14.0. The smallest absolute Gasteiger partial charge is 0.245 e. The van der Waals surface area contributed by atoms with E-state index in [4.69, 9.17) is 0 Å². The van der Waals surface area contributed by atoms with Crippen LogP contribution < -0.4 is 10.2 Å². The summed E-state index contributed by atoms with van der Waals surface area (Å²) in [7, 11) is 1.86. The highest BCUT2D eigenvalue weighted by Gasteiger charge is 2.33. The average molecular weight is 317 g/mol. The number of amides is 1. The van der Waals surface area contributed by atoms with Gasteiger partial charge in [0.2, 0.25) is 5.91 Å². The van der Waals surface area contributed by atoms with Crippen LogP contribution in [0.5, 0.6) is 0 Å². The first-order valence-electron chi connectivity index (χ1n) is 7.92. The maximum absolute atomic E-state index is 12.6. The van der Waals surface area contributed by atoms with E-state index in [2.05, 4.69) is 34.6 Å². The van der Waals surface area contributed by atoms with Gasteiger partial charge < -0.3 is 0 Å². The van der Waals surface area contributed by atoms with E-state index in [0.717, 1.165) is 23.6 Å². The Bertz CT molecular complexity index is 702. The topological polar surface area (TPSA) is 80.9 Å². The van der Waals surface area contributed by atoms with Crippen molar-refractivity contribution >= 4 is 11.7 Å². The third-order valence-corrected chi connectivity index (χ3v) is 4.08. The zero-order chi connectivity index (χ0) is 16.6. The molecule has 124 valence electrons. The molecule has 0 saturated carbocycles. The number of carbonyl (C=O) groups excluding carboxylic acids is 1. The van der Waals surface area contributed by atoms with Gasteiger partial charge in [-0.1, -0.05) is 5.21 Å². The molecular weight excluding hydrogens is 294 g/mol. The van der Waals surface area contributed by atoms with E-state index in [-0.39, 0.29) is 18.0 Å². The molecule has 0 aliphatic carbocycles. The molecule has 0 radical (unpaired) electrons. The quantitative estimate of drug-likeness (QED) is 0.882. The van der Waals surface area contributed by atoms with Crippen LogP contribution in [-0.2, 0) is 18.4 Å². The molecule has 1 atom stereocenters. The van der Waals surface area contributed by atoms with Crippen molar-refractivity contribution in [3.8, 4) is 0 Å². The van der Waals surface area contributed by atoms with Crippen LogP contribution >= 0.6 is 0 Å². The molecule has 1 unspecified atom stereocenters. The first-order valence-corrected chi connectivity index (χ1v) is 7.92. The molecule has 23 heavy (non-hydrogen) atoms. The largest absolute Gasteiger partial charge is 0.300 e. The van der Waals surface area contributed by atoms with Crippen LogP contribution in [0.2, 0.25) is 0 Å². The van der Waals surface area contributed by atoms with Crippen LogP contribution in [0, 0.1) is 6.92 Å². The van der Waals surface area contributed by atoms with Gasteiger partial charge in [0, 0.05) is 32.2 Å². The predicted octanol–water partition coefficient (Wildman–Crippen LogP) is 0.796. The third kappa shape index (κ3) is 3.12. The second kappa shape index (κ2) is 6.11. The van der Waals surface area contributed by atoms with Gasteiger partial charge in [-0.05, 0) is 27.2 Å². The Hall–Kier alpha value is -2.22. The standard InChI is InChI=1S/C15H23N7O/c1-10(2)22-9-12(17-19-22)8-16-13-5-6-21(15(13)23)14-7-11(3)18-20(14)4/h7,9-10,13,16H,5-6,8H2,1-4H3. The summed E-state index contributed by atoms with van der Waals surface area (Å²) in [6, 6.07) is 2.04. The van der Waals surface area contributed by atoms with E-state index in [1.807, 2.05) is 30.9 Å². The molecular formula is C15H23N7O. The Morgan fingerprint density at radius 1 is 1.43 bits per heavy atom. The highest BCUT2D eigenvalue weighted by Crippen LogP contribution is 2.22. The number of rotatable bonds is 5. The van der Waals surface area contributed by atoms with Crippen molar-refractivity contribution in [2.24, 2.45) is 7.05 Å². The van der Waals surface area contributed by atoms with Crippen LogP contribution in [0.3, 0.4) is 0 Å². The Kier molecular flexibility index (Phi) is 4.16. The Morgan fingerprint density at radius 2 is 2.22 bits per heavy atom. The van der Waals surface area contributed by atoms with Crippen LogP contribution in [-0.4, -0.2) is 43.3 Å². The van der Waals surface area contributed by atoms with Crippen molar-refractivity contribution in [1.29, 1.82) is 0 Å². The first-order chi connectivity index (χ1) is 11.0. The van der Waals surface area contributed by atoms with Crippen LogP contribution in [0.4, 0.5) is 5.82 Å². The van der Waals surface area contributed by atoms with Gasteiger partial charge >= 0.3 is 0 Å². The van der Waals surface area contributed by atoms with Gasteiger partial charge in [-0.15, -0.1) is 5.10 Å². The zero-order valence-corrected chi connectivity index (χ0v) is 14.0. The van der Waals surface area contributed by atoms with Crippen molar-refractivity contribution in [2.45, 2.75) is 45.8 Å².